The number of nitrogens with zero attached hydrogens (tertiary/aromatic N) is 1. The van der Waals surface area contributed by atoms with E-state index in [-0.39, 0.29) is 36.3 Å². The predicted octanol–water partition coefficient (Wildman–Crippen LogP) is 0.227. The summed E-state index contributed by atoms with van der Waals surface area (Å²) >= 11 is 0. The number of sulfonamides is 1. The van der Waals surface area contributed by atoms with Crippen LogP contribution in [0.15, 0.2) is 24.3 Å². The van der Waals surface area contributed by atoms with E-state index in [1.807, 2.05) is 0 Å². The van der Waals surface area contributed by atoms with Gasteiger partial charge in [-0.25, -0.2) is 17.5 Å². The Hall–Kier alpha value is -1.71. The van der Waals surface area contributed by atoms with Crippen LogP contribution < -0.4 is 9.46 Å². The SMILES string of the molecule is CS(=O)(=O)NC[C@@H]1CO[C@@H]2CN(C(=O)COc3ccc(F)cc3)C[C@H]12. The molecule has 0 spiro atoms. The molecule has 25 heavy (non-hydrogen) atoms. The first-order chi connectivity index (χ1) is 11.8. The zero-order chi connectivity index (χ0) is 18.0. The lowest BCUT2D eigenvalue weighted by Crippen LogP contribution is -2.36. The highest BCUT2D eigenvalue weighted by Gasteiger charge is 2.45. The Labute approximate surface area is 146 Å². The average Bonchev–Trinajstić information content (AvgIpc) is 3.12. The van der Waals surface area contributed by atoms with Crippen LogP contribution in [0.1, 0.15) is 0 Å². The number of rotatable bonds is 6. The lowest BCUT2D eigenvalue weighted by Gasteiger charge is -2.20. The van der Waals surface area contributed by atoms with Crippen LogP contribution in [0.3, 0.4) is 0 Å². The van der Waals surface area contributed by atoms with Gasteiger partial charge in [0.2, 0.25) is 10.0 Å². The van der Waals surface area contributed by atoms with Crippen LogP contribution in [-0.2, 0) is 19.6 Å². The maximum Gasteiger partial charge on any atom is 0.260 e. The molecule has 2 saturated heterocycles. The van der Waals surface area contributed by atoms with Crippen molar-refractivity contribution < 1.29 is 27.1 Å². The first-order valence-corrected chi connectivity index (χ1v) is 9.93. The molecule has 0 aromatic heterocycles. The summed E-state index contributed by atoms with van der Waals surface area (Å²) in [7, 11) is -3.25. The minimum atomic E-state index is -3.25. The molecule has 0 radical (unpaired) electrons. The smallest absolute Gasteiger partial charge is 0.260 e. The van der Waals surface area contributed by atoms with Gasteiger partial charge in [-0.1, -0.05) is 0 Å². The highest BCUT2D eigenvalue weighted by Crippen LogP contribution is 2.33. The highest BCUT2D eigenvalue weighted by atomic mass is 32.2. The van der Waals surface area contributed by atoms with E-state index in [2.05, 4.69) is 4.72 Å². The second-order valence-electron chi connectivity index (χ2n) is 6.46. The van der Waals surface area contributed by atoms with Crippen molar-refractivity contribution in [2.45, 2.75) is 6.10 Å². The minimum Gasteiger partial charge on any atom is -0.484 e. The van der Waals surface area contributed by atoms with Gasteiger partial charge >= 0.3 is 0 Å². The van der Waals surface area contributed by atoms with Crippen molar-refractivity contribution >= 4 is 15.9 Å². The van der Waals surface area contributed by atoms with E-state index in [1.165, 1.54) is 24.3 Å². The standard InChI is InChI=1S/C16H21FN2O5S/c1-25(21,22)18-6-11-9-24-15-8-19(7-14(11)15)16(20)10-23-13-4-2-12(17)3-5-13/h2-5,11,14-15,18H,6-10H2,1H3/t11-,14-,15-/m1/s1. The van der Waals surface area contributed by atoms with E-state index < -0.39 is 10.0 Å². The molecule has 3 rings (SSSR count). The molecule has 1 aromatic carbocycles. The fraction of sp³-hybridized carbons (Fsp3) is 0.562. The Morgan fingerprint density at radius 1 is 1.36 bits per heavy atom. The molecule has 0 unspecified atom stereocenters. The number of likely N-dealkylation sites (tertiary alicyclic amines) is 1. The van der Waals surface area contributed by atoms with Gasteiger partial charge in [-0.05, 0) is 24.3 Å². The highest BCUT2D eigenvalue weighted by molar-refractivity contribution is 7.88. The van der Waals surface area contributed by atoms with Crippen LogP contribution in [0, 0.1) is 17.7 Å². The van der Waals surface area contributed by atoms with Gasteiger partial charge in [0, 0.05) is 31.5 Å². The first kappa shape index (κ1) is 18.1. The molecular formula is C16H21FN2O5S. The summed E-state index contributed by atoms with van der Waals surface area (Å²) < 4.78 is 48.9. The fourth-order valence-electron chi connectivity index (χ4n) is 3.24. The molecule has 0 bridgehead atoms. The van der Waals surface area contributed by atoms with E-state index >= 15 is 0 Å². The van der Waals surface area contributed by atoms with Crippen molar-refractivity contribution in [3.05, 3.63) is 30.1 Å². The molecule has 1 aromatic rings. The normalized spacial score (nSPS) is 25.8. The number of fused-ring (bicyclic) bond motifs is 1. The van der Waals surface area contributed by atoms with Crippen LogP contribution in [0.2, 0.25) is 0 Å². The second-order valence-corrected chi connectivity index (χ2v) is 8.29. The molecule has 2 fully saturated rings. The number of benzene rings is 1. The van der Waals surface area contributed by atoms with Gasteiger partial charge in [0.15, 0.2) is 6.61 Å². The number of ether oxygens (including phenoxy) is 2. The molecule has 2 heterocycles. The van der Waals surface area contributed by atoms with Crippen molar-refractivity contribution in [2.75, 3.05) is 39.1 Å². The number of hydrogen-bond donors (Lipinski definition) is 1. The lowest BCUT2D eigenvalue weighted by atomic mass is 9.93. The van der Waals surface area contributed by atoms with Gasteiger partial charge in [0.25, 0.3) is 5.91 Å². The monoisotopic (exact) mass is 372 g/mol. The third kappa shape index (κ3) is 4.68. The molecule has 0 saturated carbocycles. The first-order valence-electron chi connectivity index (χ1n) is 8.04. The van der Waals surface area contributed by atoms with E-state index in [1.54, 1.807) is 4.90 Å². The molecule has 1 N–H and O–H groups in total. The van der Waals surface area contributed by atoms with E-state index in [0.29, 0.717) is 32.0 Å². The van der Waals surface area contributed by atoms with Crippen molar-refractivity contribution in [1.82, 2.24) is 9.62 Å². The van der Waals surface area contributed by atoms with Crippen molar-refractivity contribution in [3.8, 4) is 5.75 Å². The summed E-state index contributed by atoms with van der Waals surface area (Å²) in [6.45, 7) is 1.68. The Balaban J connectivity index is 1.50. The molecular weight excluding hydrogens is 351 g/mol. The van der Waals surface area contributed by atoms with Gasteiger partial charge in [0.1, 0.15) is 11.6 Å². The van der Waals surface area contributed by atoms with Gasteiger partial charge in [-0.2, -0.15) is 0 Å². The van der Waals surface area contributed by atoms with Gasteiger partial charge in [0.05, 0.1) is 19.0 Å². The van der Waals surface area contributed by atoms with E-state index in [9.17, 15) is 17.6 Å². The Kier molecular flexibility index (Phi) is 5.26. The predicted molar refractivity (Wildman–Crippen MR) is 88.0 cm³/mol. The Bertz CT molecular complexity index is 725. The van der Waals surface area contributed by atoms with Crippen LogP contribution in [0.4, 0.5) is 4.39 Å². The van der Waals surface area contributed by atoms with Crippen LogP contribution in [0.25, 0.3) is 0 Å². The number of amides is 1. The quantitative estimate of drug-likeness (QED) is 0.773. The topological polar surface area (TPSA) is 84.9 Å². The third-order valence-corrected chi connectivity index (χ3v) is 5.27. The summed E-state index contributed by atoms with van der Waals surface area (Å²) in [6.07, 6.45) is 1.05. The Morgan fingerprint density at radius 2 is 2.08 bits per heavy atom. The molecule has 9 heteroatoms. The molecule has 2 aliphatic rings. The summed E-state index contributed by atoms with van der Waals surface area (Å²) in [5.74, 6) is 0.0641. The van der Waals surface area contributed by atoms with E-state index in [0.717, 1.165) is 6.26 Å². The minimum absolute atomic E-state index is 0.0514. The number of nitrogens with one attached hydrogen (secondary N) is 1. The summed E-state index contributed by atoms with van der Waals surface area (Å²) in [5.41, 5.74) is 0. The van der Waals surface area contributed by atoms with Gasteiger partial charge in [-0.3, -0.25) is 4.79 Å². The van der Waals surface area contributed by atoms with Crippen LogP contribution in [-0.4, -0.2) is 64.4 Å². The molecule has 2 aliphatic heterocycles. The Morgan fingerprint density at radius 3 is 2.76 bits per heavy atom. The lowest BCUT2D eigenvalue weighted by molar-refractivity contribution is -0.133. The fourth-order valence-corrected chi connectivity index (χ4v) is 3.76. The maximum atomic E-state index is 12.8. The van der Waals surface area contributed by atoms with Crippen molar-refractivity contribution in [3.63, 3.8) is 0 Å². The molecule has 138 valence electrons. The van der Waals surface area contributed by atoms with E-state index in [4.69, 9.17) is 9.47 Å². The van der Waals surface area contributed by atoms with Gasteiger partial charge < -0.3 is 14.4 Å². The van der Waals surface area contributed by atoms with Crippen molar-refractivity contribution in [2.24, 2.45) is 11.8 Å². The zero-order valence-electron chi connectivity index (χ0n) is 13.9. The number of carbonyl (C=O) groups is 1. The van der Waals surface area contributed by atoms with Crippen LogP contribution >= 0.6 is 0 Å². The largest absolute Gasteiger partial charge is 0.484 e. The summed E-state index contributed by atoms with van der Waals surface area (Å²) in [4.78, 5) is 14.0. The molecule has 7 nitrogen and oxygen atoms in total. The molecule has 3 atom stereocenters. The second kappa shape index (κ2) is 7.27. The van der Waals surface area contributed by atoms with Crippen LogP contribution in [0.5, 0.6) is 5.75 Å². The molecule has 1 amide bonds. The summed E-state index contributed by atoms with van der Waals surface area (Å²) in [5, 5.41) is 0. The average molecular weight is 372 g/mol. The zero-order valence-corrected chi connectivity index (χ0v) is 14.7. The maximum absolute atomic E-state index is 12.8. The number of carbonyl (C=O) groups excluding carboxylic acids is 1. The van der Waals surface area contributed by atoms with Crippen molar-refractivity contribution in [1.29, 1.82) is 0 Å². The summed E-state index contributed by atoms with van der Waals surface area (Å²) in [6, 6.07) is 5.48. The molecule has 0 aliphatic carbocycles. The third-order valence-electron chi connectivity index (χ3n) is 4.58. The number of halogens is 1. The van der Waals surface area contributed by atoms with Gasteiger partial charge in [-0.15, -0.1) is 0 Å². The number of hydrogen-bond acceptors (Lipinski definition) is 5.